The number of rotatable bonds is 3. The number of ether oxygens (including phenoxy) is 1. The summed E-state index contributed by atoms with van der Waals surface area (Å²) in [7, 11) is 1.85. The third kappa shape index (κ3) is 1.52. The second-order valence-corrected chi connectivity index (χ2v) is 5.27. The first-order valence-corrected chi connectivity index (χ1v) is 5.73. The topological polar surface area (TPSA) is 9.23 Å². The van der Waals surface area contributed by atoms with Crippen LogP contribution in [0, 0.1) is 29.6 Å². The first-order chi connectivity index (χ1) is 6.24. The van der Waals surface area contributed by atoms with Crippen LogP contribution in [0.25, 0.3) is 0 Å². The Hall–Kier alpha value is -0.0400. The van der Waals surface area contributed by atoms with Crippen LogP contribution in [0.1, 0.15) is 33.1 Å². The maximum atomic E-state index is 5.36. The van der Waals surface area contributed by atoms with E-state index in [2.05, 4.69) is 13.8 Å². The van der Waals surface area contributed by atoms with Crippen molar-refractivity contribution in [1.29, 1.82) is 0 Å². The first kappa shape index (κ1) is 9.51. The average molecular weight is 182 g/mol. The molecule has 0 heterocycles. The van der Waals surface area contributed by atoms with Gasteiger partial charge in [0.1, 0.15) is 0 Å². The zero-order valence-corrected chi connectivity index (χ0v) is 9.12. The summed E-state index contributed by atoms with van der Waals surface area (Å²) in [6, 6.07) is 0. The molecule has 0 aromatic rings. The summed E-state index contributed by atoms with van der Waals surface area (Å²) in [5.74, 6) is 4.72. The van der Waals surface area contributed by atoms with Crippen molar-refractivity contribution in [3.63, 3.8) is 0 Å². The van der Waals surface area contributed by atoms with Crippen molar-refractivity contribution in [1.82, 2.24) is 0 Å². The van der Waals surface area contributed by atoms with Gasteiger partial charge in [-0.1, -0.05) is 13.8 Å². The Bertz CT molecular complexity index is 176. The van der Waals surface area contributed by atoms with Gasteiger partial charge in [0.15, 0.2) is 0 Å². The third-order valence-electron chi connectivity index (χ3n) is 4.29. The summed E-state index contributed by atoms with van der Waals surface area (Å²) in [5, 5.41) is 0. The molecule has 2 aliphatic carbocycles. The highest BCUT2D eigenvalue weighted by atomic mass is 16.5. The van der Waals surface area contributed by atoms with E-state index >= 15 is 0 Å². The molecule has 0 N–H and O–H groups in total. The van der Waals surface area contributed by atoms with E-state index in [0.29, 0.717) is 0 Å². The average Bonchev–Trinajstić information content (AvgIpc) is 2.63. The Morgan fingerprint density at radius 2 is 1.92 bits per heavy atom. The summed E-state index contributed by atoms with van der Waals surface area (Å²) in [4.78, 5) is 0. The summed E-state index contributed by atoms with van der Waals surface area (Å²) >= 11 is 0. The number of hydrogen-bond donors (Lipinski definition) is 0. The van der Waals surface area contributed by atoms with Crippen LogP contribution in [0.3, 0.4) is 0 Å². The molecule has 2 rings (SSSR count). The van der Waals surface area contributed by atoms with Gasteiger partial charge in [0, 0.05) is 13.7 Å². The molecule has 2 saturated carbocycles. The van der Waals surface area contributed by atoms with Gasteiger partial charge >= 0.3 is 0 Å². The molecule has 0 aromatic carbocycles. The molecule has 0 saturated heterocycles. The molecule has 0 amide bonds. The molecular formula is C12H22O. The van der Waals surface area contributed by atoms with Gasteiger partial charge in [0.05, 0.1) is 0 Å². The Morgan fingerprint density at radius 1 is 1.23 bits per heavy atom. The highest BCUT2D eigenvalue weighted by Gasteiger charge is 2.48. The molecule has 0 aromatic heterocycles. The maximum Gasteiger partial charge on any atom is 0.0496 e. The van der Waals surface area contributed by atoms with Crippen LogP contribution in [0.4, 0.5) is 0 Å². The summed E-state index contributed by atoms with van der Waals surface area (Å²) in [5.41, 5.74) is 0. The van der Waals surface area contributed by atoms with Crippen LogP contribution in [-0.2, 0) is 4.74 Å². The van der Waals surface area contributed by atoms with Crippen molar-refractivity contribution >= 4 is 0 Å². The van der Waals surface area contributed by atoms with E-state index in [0.717, 1.165) is 36.2 Å². The minimum absolute atomic E-state index is 0.857. The van der Waals surface area contributed by atoms with Crippen molar-refractivity contribution in [3.8, 4) is 0 Å². The lowest BCUT2D eigenvalue weighted by Crippen LogP contribution is -2.29. The lowest BCUT2D eigenvalue weighted by molar-refractivity contribution is 0.0669. The van der Waals surface area contributed by atoms with Gasteiger partial charge in [0.25, 0.3) is 0 Å². The number of fused-ring (bicyclic) bond motifs is 2. The molecule has 0 spiro atoms. The SMILES string of the molecule is COCC1C(C(C)C)[C@@H]2CC[C@H]1C2. The molecule has 0 radical (unpaired) electrons. The Morgan fingerprint density at radius 3 is 2.54 bits per heavy atom. The monoisotopic (exact) mass is 182 g/mol. The molecule has 76 valence electrons. The zero-order valence-electron chi connectivity index (χ0n) is 9.12. The highest BCUT2D eigenvalue weighted by Crippen LogP contribution is 2.54. The van der Waals surface area contributed by atoms with Crippen LogP contribution < -0.4 is 0 Å². The van der Waals surface area contributed by atoms with Gasteiger partial charge in [-0.05, 0) is 48.9 Å². The second-order valence-electron chi connectivity index (χ2n) is 5.27. The van der Waals surface area contributed by atoms with E-state index in [9.17, 15) is 0 Å². The van der Waals surface area contributed by atoms with Crippen LogP contribution in [0.15, 0.2) is 0 Å². The zero-order chi connectivity index (χ0) is 9.42. The van der Waals surface area contributed by atoms with Crippen molar-refractivity contribution in [2.45, 2.75) is 33.1 Å². The molecule has 0 aliphatic heterocycles. The molecule has 2 unspecified atom stereocenters. The van der Waals surface area contributed by atoms with E-state index in [4.69, 9.17) is 4.74 Å². The Labute approximate surface area is 81.9 Å². The van der Waals surface area contributed by atoms with Crippen molar-refractivity contribution in [3.05, 3.63) is 0 Å². The molecule has 2 aliphatic rings. The Kier molecular flexibility index (Phi) is 2.64. The predicted molar refractivity (Wildman–Crippen MR) is 54.5 cm³/mol. The summed E-state index contributed by atoms with van der Waals surface area (Å²) in [6.45, 7) is 5.77. The molecule has 1 heteroatoms. The fourth-order valence-electron chi connectivity index (χ4n) is 3.93. The molecule has 1 nitrogen and oxygen atoms in total. The second kappa shape index (κ2) is 3.61. The lowest BCUT2D eigenvalue weighted by Gasteiger charge is -2.33. The minimum Gasteiger partial charge on any atom is -0.384 e. The van der Waals surface area contributed by atoms with E-state index < -0.39 is 0 Å². The lowest BCUT2D eigenvalue weighted by atomic mass is 9.74. The van der Waals surface area contributed by atoms with Crippen molar-refractivity contribution < 1.29 is 4.74 Å². The van der Waals surface area contributed by atoms with E-state index in [-0.39, 0.29) is 0 Å². The maximum absolute atomic E-state index is 5.36. The normalized spacial score (nSPS) is 43.4. The fourth-order valence-corrected chi connectivity index (χ4v) is 3.93. The smallest absolute Gasteiger partial charge is 0.0496 e. The predicted octanol–water partition coefficient (Wildman–Crippen LogP) is 2.95. The molecule has 13 heavy (non-hydrogen) atoms. The minimum atomic E-state index is 0.857. The largest absolute Gasteiger partial charge is 0.384 e. The van der Waals surface area contributed by atoms with Crippen LogP contribution in [0.2, 0.25) is 0 Å². The number of methoxy groups -OCH3 is 1. The van der Waals surface area contributed by atoms with Crippen LogP contribution in [0.5, 0.6) is 0 Å². The van der Waals surface area contributed by atoms with E-state index in [1.807, 2.05) is 7.11 Å². The van der Waals surface area contributed by atoms with Gasteiger partial charge in [-0.3, -0.25) is 0 Å². The van der Waals surface area contributed by atoms with Crippen LogP contribution >= 0.6 is 0 Å². The third-order valence-corrected chi connectivity index (χ3v) is 4.29. The molecular weight excluding hydrogens is 160 g/mol. The molecule has 2 bridgehead atoms. The summed E-state index contributed by atoms with van der Waals surface area (Å²) in [6.07, 6.45) is 4.46. The van der Waals surface area contributed by atoms with Crippen molar-refractivity contribution in [2.75, 3.05) is 13.7 Å². The van der Waals surface area contributed by atoms with E-state index in [1.165, 1.54) is 19.3 Å². The van der Waals surface area contributed by atoms with Gasteiger partial charge in [0.2, 0.25) is 0 Å². The first-order valence-electron chi connectivity index (χ1n) is 5.73. The van der Waals surface area contributed by atoms with Crippen LogP contribution in [-0.4, -0.2) is 13.7 Å². The van der Waals surface area contributed by atoms with Crippen molar-refractivity contribution in [2.24, 2.45) is 29.6 Å². The van der Waals surface area contributed by atoms with E-state index in [1.54, 1.807) is 0 Å². The standard InChI is InChI=1S/C12H22O/c1-8(2)12-10-5-4-9(6-10)11(12)7-13-3/h8-12H,4-7H2,1-3H3/t9-,10+,11?,12?/m0/s1. The fraction of sp³-hybridized carbons (Fsp3) is 1.00. The number of hydrogen-bond acceptors (Lipinski definition) is 1. The van der Waals surface area contributed by atoms with Gasteiger partial charge < -0.3 is 4.74 Å². The van der Waals surface area contributed by atoms with Gasteiger partial charge in [-0.2, -0.15) is 0 Å². The quantitative estimate of drug-likeness (QED) is 0.652. The highest BCUT2D eigenvalue weighted by molar-refractivity contribution is 4.97. The summed E-state index contributed by atoms with van der Waals surface area (Å²) < 4.78 is 5.36. The Balaban J connectivity index is 2.06. The van der Waals surface area contributed by atoms with Gasteiger partial charge in [-0.15, -0.1) is 0 Å². The molecule has 4 atom stereocenters. The van der Waals surface area contributed by atoms with Gasteiger partial charge in [-0.25, -0.2) is 0 Å². The molecule has 2 fully saturated rings.